The molecule has 0 spiro atoms. The number of aliphatic carboxylic acids is 2. The van der Waals surface area contributed by atoms with Gasteiger partial charge in [-0.25, -0.2) is 10.4 Å². The van der Waals surface area contributed by atoms with Gasteiger partial charge in [-0.05, 0) is 74.0 Å². The second kappa shape index (κ2) is 11.9. The lowest BCUT2D eigenvalue weighted by Crippen LogP contribution is -2.36. The largest absolute Gasteiger partial charge is 0.495 e. The zero-order valence-electron chi connectivity index (χ0n) is 26.2. The molecule has 0 radical (unpaired) electrons. The number of carboxylic acids is 2. The van der Waals surface area contributed by atoms with Crippen molar-refractivity contribution in [1.82, 2.24) is 26.4 Å². The molecule has 0 aromatic rings. The molecule has 8 atom stereocenters. The van der Waals surface area contributed by atoms with Gasteiger partial charge in [-0.3, -0.25) is 14.4 Å². The number of hydrogen-bond donors (Lipinski definition) is 7. The number of carbonyl (C=O) groups is 3. The van der Waals surface area contributed by atoms with Crippen molar-refractivity contribution in [3.8, 4) is 0 Å². The molecule has 44 heavy (non-hydrogen) atoms. The average molecular weight is 608 g/mol. The van der Waals surface area contributed by atoms with Gasteiger partial charge in [0.15, 0.2) is 5.88 Å². The first kappa shape index (κ1) is 31.6. The molecular weight excluding hydrogens is 562 g/mol. The van der Waals surface area contributed by atoms with E-state index in [1.165, 1.54) is 0 Å². The van der Waals surface area contributed by atoms with E-state index >= 15 is 0 Å². The minimum atomic E-state index is -0.879. The monoisotopic (exact) mass is 607 g/mol. The number of allylic oxidation sites excluding steroid dienone is 3. The molecule has 5 rings (SSSR count). The van der Waals surface area contributed by atoms with E-state index in [4.69, 9.17) is 0 Å². The molecule has 0 saturated carbocycles. The number of nitrogens with one attached hydrogen (secondary N) is 4. The van der Waals surface area contributed by atoms with Crippen molar-refractivity contribution in [1.29, 1.82) is 0 Å². The van der Waals surface area contributed by atoms with Crippen molar-refractivity contribution in [2.24, 2.45) is 17.8 Å². The molecule has 4 unspecified atom stereocenters. The highest BCUT2D eigenvalue weighted by Crippen LogP contribution is 2.51. The predicted molar refractivity (Wildman–Crippen MR) is 165 cm³/mol. The predicted octanol–water partition coefficient (Wildman–Crippen LogP) is 3.73. The number of carbonyl (C=O) groups excluding carboxylic acids is 1. The third-order valence-corrected chi connectivity index (χ3v) is 10.3. The molecule has 2 fully saturated rings. The van der Waals surface area contributed by atoms with Crippen LogP contribution in [0.1, 0.15) is 73.1 Å². The molecule has 0 aliphatic carbocycles. The van der Waals surface area contributed by atoms with Crippen LogP contribution in [-0.4, -0.2) is 62.0 Å². The standard InChI is InChI=1S/C33H45N5O6/c1-7-20-18(5)31(43)36-26(20)14-28-19(6)23(10-12-30(41)42)33(37-38(28)33)15-27-22(9-11-29(39)40)17(4)24(34-27)13-25-16(3)21(8-2)32(44)35-25/h8,14-16,18,20,24-25,28,34-35,37,44H,2,7,9-13H2,1,3-6H3,(H,36,43)(H,39,40)(H,41,42)/b26-14-,27-15-/t16?,18-,20-,24?,25-,28?,33+,38?/m1/s1. The van der Waals surface area contributed by atoms with Crippen molar-refractivity contribution in [2.75, 3.05) is 0 Å². The van der Waals surface area contributed by atoms with Gasteiger partial charge >= 0.3 is 11.9 Å². The summed E-state index contributed by atoms with van der Waals surface area (Å²) < 4.78 is 0. The van der Waals surface area contributed by atoms with Crippen LogP contribution in [0.25, 0.3) is 0 Å². The van der Waals surface area contributed by atoms with E-state index in [1.807, 2.05) is 27.7 Å². The Morgan fingerprint density at radius 3 is 2.34 bits per heavy atom. The van der Waals surface area contributed by atoms with E-state index in [1.54, 1.807) is 6.08 Å². The third kappa shape index (κ3) is 5.47. The Balaban J connectivity index is 1.47. The lowest BCUT2D eigenvalue weighted by atomic mass is 9.89. The molecule has 5 aliphatic heterocycles. The molecular formula is C33H45N5O6. The molecule has 2 saturated heterocycles. The first-order valence-electron chi connectivity index (χ1n) is 15.6. The summed E-state index contributed by atoms with van der Waals surface area (Å²) >= 11 is 0. The van der Waals surface area contributed by atoms with Crippen LogP contribution < -0.4 is 21.4 Å². The molecule has 11 heteroatoms. The van der Waals surface area contributed by atoms with E-state index in [9.17, 15) is 29.7 Å². The van der Waals surface area contributed by atoms with Gasteiger partial charge in [-0.15, -0.1) is 0 Å². The number of amides is 1. The summed E-state index contributed by atoms with van der Waals surface area (Å²) in [4.78, 5) is 35.8. The normalized spacial score (nSPS) is 36.2. The first-order chi connectivity index (χ1) is 20.8. The smallest absolute Gasteiger partial charge is 0.303 e. The lowest BCUT2D eigenvalue weighted by Gasteiger charge is -2.23. The number of aliphatic hydroxyl groups excluding tert-OH is 1. The highest BCUT2D eigenvalue weighted by Gasteiger charge is 2.62. The minimum Gasteiger partial charge on any atom is -0.495 e. The topological polar surface area (TPSA) is 173 Å². The molecule has 5 heterocycles. The van der Waals surface area contributed by atoms with Crippen LogP contribution in [0.15, 0.2) is 69.9 Å². The summed E-state index contributed by atoms with van der Waals surface area (Å²) in [5, 5.41) is 41.4. The lowest BCUT2D eigenvalue weighted by molar-refractivity contribution is -0.138. The number of fused-ring (bicyclic) bond motifs is 1. The Morgan fingerprint density at radius 1 is 1.05 bits per heavy atom. The maximum Gasteiger partial charge on any atom is 0.303 e. The van der Waals surface area contributed by atoms with Crippen molar-refractivity contribution in [3.63, 3.8) is 0 Å². The fourth-order valence-electron chi connectivity index (χ4n) is 7.61. The number of hydrogen-bond acceptors (Lipinski definition) is 8. The summed E-state index contributed by atoms with van der Waals surface area (Å²) in [5.74, 6) is -1.56. The number of aliphatic hydroxyl groups is 1. The van der Waals surface area contributed by atoms with Crippen molar-refractivity contribution < 1.29 is 29.7 Å². The third-order valence-electron chi connectivity index (χ3n) is 10.3. The Hall–Kier alpha value is -3.83. The van der Waals surface area contributed by atoms with E-state index < -0.39 is 17.6 Å². The molecule has 0 bridgehead atoms. The first-order valence-corrected chi connectivity index (χ1v) is 15.6. The van der Waals surface area contributed by atoms with Crippen LogP contribution in [-0.2, 0) is 14.4 Å². The molecule has 7 N–H and O–H groups in total. The average Bonchev–Trinajstić information content (AvgIpc) is 3.25. The van der Waals surface area contributed by atoms with Gasteiger partial charge in [0.05, 0.1) is 6.04 Å². The Kier molecular flexibility index (Phi) is 8.56. The zero-order valence-corrected chi connectivity index (χ0v) is 26.2. The van der Waals surface area contributed by atoms with Gasteiger partial charge in [0.2, 0.25) is 5.91 Å². The highest BCUT2D eigenvalue weighted by molar-refractivity contribution is 5.84. The maximum atomic E-state index is 12.5. The fraction of sp³-hybridized carbons (Fsp3) is 0.545. The van der Waals surface area contributed by atoms with Crippen LogP contribution in [0.3, 0.4) is 0 Å². The summed E-state index contributed by atoms with van der Waals surface area (Å²) in [6.45, 7) is 13.9. The highest BCUT2D eigenvalue weighted by atomic mass is 16.4. The molecule has 0 aromatic carbocycles. The summed E-state index contributed by atoms with van der Waals surface area (Å²) in [7, 11) is 0. The second-order valence-electron chi connectivity index (χ2n) is 12.8. The van der Waals surface area contributed by atoms with E-state index in [-0.39, 0.29) is 60.5 Å². The summed E-state index contributed by atoms with van der Waals surface area (Å²) in [6, 6.07) is -0.293. The van der Waals surface area contributed by atoms with Crippen LogP contribution >= 0.6 is 0 Å². The number of rotatable bonds is 12. The molecule has 0 aromatic heterocycles. The molecule has 238 valence electrons. The quantitative estimate of drug-likeness (QED) is 0.128. The minimum absolute atomic E-state index is 0.0145. The van der Waals surface area contributed by atoms with Crippen molar-refractivity contribution >= 4 is 17.8 Å². The van der Waals surface area contributed by atoms with Gasteiger partial charge in [0.1, 0.15) is 5.66 Å². The fourth-order valence-corrected chi connectivity index (χ4v) is 7.61. The van der Waals surface area contributed by atoms with Gasteiger partial charge in [-0.1, -0.05) is 33.4 Å². The van der Waals surface area contributed by atoms with E-state index in [0.29, 0.717) is 19.3 Å². The Morgan fingerprint density at radius 2 is 1.73 bits per heavy atom. The van der Waals surface area contributed by atoms with Gasteiger partial charge in [-0.2, -0.15) is 0 Å². The number of carboxylic acid groups (broad SMARTS) is 2. The maximum absolute atomic E-state index is 12.5. The van der Waals surface area contributed by atoms with Crippen molar-refractivity contribution in [3.05, 3.63) is 69.9 Å². The van der Waals surface area contributed by atoms with Crippen LogP contribution in [0, 0.1) is 17.8 Å². The Labute approximate surface area is 258 Å². The number of nitrogens with zero attached hydrogens (tertiary/aromatic N) is 1. The Bertz CT molecular complexity index is 1440. The van der Waals surface area contributed by atoms with Gasteiger partial charge in [0, 0.05) is 59.6 Å². The number of hydrazine groups is 1. The van der Waals surface area contributed by atoms with Crippen LogP contribution in [0.4, 0.5) is 0 Å². The molecule has 1 amide bonds. The van der Waals surface area contributed by atoms with Gasteiger partial charge in [0.25, 0.3) is 0 Å². The van der Waals surface area contributed by atoms with Crippen molar-refractivity contribution in [2.45, 2.75) is 96.9 Å². The SMILES string of the molecule is C=CC1=C(O)N[C@H](CC2N/C(=C\[C@]34NN3C(/C=C3\NC(=O)[C@H](C)[C@H]3CC)C(C)=C4CCC(=O)O)C(CCC(=O)O)=C2C)C1C. The zero-order chi connectivity index (χ0) is 32.1. The summed E-state index contributed by atoms with van der Waals surface area (Å²) in [6.07, 6.45) is 8.00. The van der Waals surface area contributed by atoms with Crippen LogP contribution in [0.2, 0.25) is 0 Å². The van der Waals surface area contributed by atoms with Gasteiger partial charge < -0.3 is 31.3 Å². The molecule has 11 nitrogen and oxygen atoms in total. The van der Waals surface area contributed by atoms with Crippen LogP contribution in [0.5, 0.6) is 0 Å². The summed E-state index contributed by atoms with van der Waals surface area (Å²) in [5.41, 5.74) is 9.30. The second-order valence-corrected chi connectivity index (χ2v) is 12.8. The van der Waals surface area contributed by atoms with E-state index in [2.05, 4.69) is 52.0 Å². The van der Waals surface area contributed by atoms with E-state index in [0.717, 1.165) is 45.7 Å². The molecule has 5 aliphatic rings.